The third-order valence-electron chi connectivity index (χ3n) is 4.29. The molecule has 0 N–H and O–H groups in total. The van der Waals surface area contributed by atoms with Gasteiger partial charge in [-0.1, -0.05) is 25.1 Å². The number of halogens is 1. The summed E-state index contributed by atoms with van der Waals surface area (Å²) >= 11 is 0. The number of carbonyl (C=O) groups excluding carboxylic acids is 1. The summed E-state index contributed by atoms with van der Waals surface area (Å²) in [6, 6.07) is 11.6. The minimum absolute atomic E-state index is 0.0878. The van der Waals surface area contributed by atoms with E-state index in [4.69, 9.17) is 0 Å². The average molecular weight is 298 g/mol. The molecule has 3 atom stereocenters. The molecule has 0 radical (unpaired) electrons. The Hall–Kier alpha value is -2.23. The van der Waals surface area contributed by atoms with Crippen LogP contribution in [-0.4, -0.2) is 22.8 Å². The lowest BCUT2D eigenvalue weighted by Gasteiger charge is -2.28. The molecule has 1 aliphatic carbocycles. The fourth-order valence-corrected chi connectivity index (χ4v) is 2.86. The first-order valence-corrected chi connectivity index (χ1v) is 7.51. The summed E-state index contributed by atoms with van der Waals surface area (Å²) in [7, 11) is 1.78. The van der Waals surface area contributed by atoms with Gasteiger partial charge < -0.3 is 4.90 Å². The van der Waals surface area contributed by atoms with Gasteiger partial charge >= 0.3 is 0 Å². The zero-order valence-electron chi connectivity index (χ0n) is 12.7. The first-order valence-electron chi connectivity index (χ1n) is 7.51. The van der Waals surface area contributed by atoms with Crippen molar-refractivity contribution in [3.63, 3.8) is 0 Å². The average Bonchev–Trinajstić information content (AvgIpc) is 3.25. The molecular weight excluding hydrogens is 279 g/mol. The first kappa shape index (κ1) is 14.7. The van der Waals surface area contributed by atoms with E-state index in [0.717, 1.165) is 17.7 Å². The molecule has 0 bridgehead atoms. The third kappa shape index (κ3) is 2.86. The van der Waals surface area contributed by atoms with E-state index in [9.17, 15) is 9.18 Å². The molecule has 1 aliphatic rings. The molecule has 2 aromatic rings. The molecule has 0 aliphatic heterocycles. The van der Waals surface area contributed by atoms with Crippen molar-refractivity contribution in [2.75, 3.05) is 7.05 Å². The first-order chi connectivity index (χ1) is 10.6. The van der Waals surface area contributed by atoms with E-state index >= 15 is 0 Å². The van der Waals surface area contributed by atoms with Crippen molar-refractivity contribution in [1.29, 1.82) is 0 Å². The van der Waals surface area contributed by atoms with Crippen LogP contribution in [0.3, 0.4) is 0 Å². The molecule has 1 saturated carbocycles. The molecule has 1 heterocycles. The number of hydrogen-bond donors (Lipinski definition) is 0. The van der Waals surface area contributed by atoms with Crippen molar-refractivity contribution in [2.45, 2.75) is 19.4 Å². The number of carbonyl (C=O) groups is 1. The van der Waals surface area contributed by atoms with E-state index in [2.05, 4.69) is 11.9 Å². The van der Waals surface area contributed by atoms with Crippen molar-refractivity contribution in [2.24, 2.45) is 11.8 Å². The second-order valence-electron chi connectivity index (χ2n) is 5.98. The summed E-state index contributed by atoms with van der Waals surface area (Å²) in [5.74, 6) is 0.322. The van der Waals surface area contributed by atoms with Crippen LogP contribution in [-0.2, 0) is 4.79 Å². The highest BCUT2D eigenvalue weighted by molar-refractivity contribution is 5.82. The van der Waals surface area contributed by atoms with Gasteiger partial charge in [-0.05, 0) is 42.2 Å². The van der Waals surface area contributed by atoms with Crippen molar-refractivity contribution in [1.82, 2.24) is 9.88 Å². The topological polar surface area (TPSA) is 33.2 Å². The molecule has 114 valence electrons. The SMILES string of the molecule is C[C@@H]1C[C@@H]1C(=O)N(C)[C@H](c1cccc(F)c1)c1ccccn1. The summed E-state index contributed by atoms with van der Waals surface area (Å²) in [5.41, 5.74) is 1.49. The highest BCUT2D eigenvalue weighted by Gasteiger charge is 2.42. The zero-order chi connectivity index (χ0) is 15.7. The largest absolute Gasteiger partial charge is 0.333 e. The summed E-state index contributed by atoms with van der Waals surface area (Å²) in [4.78, 5) is 18.7. The lowest BCUT2D eigenvalue weighted by Crippen LogP contribution is -2.34. The lowest BCUT2D eigenvalue weighted by atomic mass is 10.0. The van der Waals surface area contributed by atoms with Crippen molar-refractivity contribution in [3.05, 3.63) is 65.7 Å². The van der Waals surface area contributed by atoms with Gasteiger partial charge in [-0.3, -0.25) is 9.78 Å². The molecule has 1 aromatic carbocycles. The van der Waals surface area contributed by atoms with Crippen LogP contribution in [0.4, 0.5) is 4.39 Å². The van der Waals surface area contributed by atoms with Gasteiger partial charge in [0.25, 0.3) is 0 Å². The van der Waals surface area contributed by atoms with E-state index in [1.807, 2.05) is 24.3 Å². The fourth-order valence-electron chi connectivity index (χ4n) is 2.86. The molecule has 22 heavy (non-hydrogen) atoms. The van der Waals surface area contributed by atoms with Crippen LogP contribution in [0.2, 0.25) is 0 Å². The third-order valence-corrected chi connectivity index (χ3v) is 4.29. The second kappa shape index (κ2) is 5.87. The molecular formula is C18H19FN2O. The molecule has 4 heteroatoms. The van der Waals surface area contributed by atoms with Gasteiger partial charge in [0.05, 0.1) is 11.7 Å². The quantitative estimate of drug-likeness (QED) is 0.866. The van der Waals surface area contributed by atoms with Crippen molar-refractivity contribution >= 4 is 5.91 Å². The van der Waals surface area contributed by atoms with E-state index < -0.39 is 0 Å². The molecule has 0 spiro atoms. The van der Waals surface area contributed by atoms with E-state index in [1.54, 1.807) is 24.2 Å². The fraction of sp³-hybridized carbons (Fsp3) is 0.333. The van der Waals surface area contributed by atoms with Gasteiger partial charge in [-0.25, -0.2) is 4.39 Å². The Morgan fingerprint density at radius 2 is 2.09 bits per heavy atom. The Kier molecular flexibility index (Phi) is 3.92. The molecule has 3 rings (SSSR count). The predicted molar refractivity (Wildman–Crippen MR) is 82.5 cm³/mol. The number of aromatic nitrogens is 1. The molecule has 1 fully saturated rings. The minimum atomic E-state index is -0.364. The van der Waals surface area contributed by atoms with Gasteiger partial charge in [0.15, 0.2) is 0 Å². The Labute approximate surface area is 129 Å². The van der Waals surface area contributed by atoms with Crippen molar-refractivity contribution in [3.8, 4) is 0 Å². The summed E-state index contributed by atoms with van der Waals surface area (Å²) in [6.07, 6.45) is 2.63. The number of hydrogen-bond acceptors (Lipinski definition) is 2. The van der Waals surface area contributed by atoms with E-state index in [0.29, 0.717) is 5.92 Å². The van der Waals surface area contributed by atoms with Gasteiger partial charge in [0, 0.05) is 19.2 Å². The summed E-state index contributed by atoms with van der Waals surface area (Å²) < 4.78 is 13.6. The van der Waals surface area contributed by atoms with Gasteiger partial charge in [0.1, 0.15) is 5.82 Å². The number of nitrogens with zero attached hydrogens (tertiary/aromatic N) is 2. The van der Waals surface area contributed by atoms with Gasteiger partial charge in [-0.15, -0.1) is 0 Å². The number of rotatable bonds is 4. The Bertz CT molecular complexity index is 674. The normalized spacial score (nSPS) is 21.2. The van der Waals surface area contributed by atoms with E-state index in [1.165, 1.54) is 12.1 Å². The maximum absolute atomic E-state index is 13.6. The predicted octanol–water partition coefficient (Wildman–Crippen LogP) is 3.42. The van der Waals surface area contributed by atoms with Crippen LogP contribution in [0, 0.1) is 17.7 Å². The Morgan fingerprint density at radius 1 is 1.32 bits per heavy atom. The van der Waals surface area contributed by atoms with Crippen LogP contribution >= 0.6 is 0 Å². The van der Waals surface area contributed by atoms with Crippen molar-refractivity contribution < 1.29 is 9.18 Å². The number of amides is 1. The highest BCUT2D eigenvalue weighted by atomic mass is 19.1. The van der Waals surface area contributed by atoms with Crippen LogP contribution in [0.25, 0.3) is 0 Å². The molecule has 1 amide bonds. The smallest absolute Gasteiger partial charge is 0.226 e. The Balaban J connectivity index is 1.98. The van der Waals surface area contributed by atoms with Crippen LogP contribution < -0.4 is 0 Å². The second-order valence-corrected chi connectivity index (χ2v) is 5.98. The molecule has 1 aromatic heterocycles. The van der Waals surface area contributed by atoms with Crippen LogP contribution in [0.15, 0.2) is 48.7 Å². The van der Waals surface area contributed by atoms with Crippen LogP contribution in [0.5, 0.6) is 0 Å². The monoisotopic (exact) mass is 298 g/mol. The van der Waals surface area contributed by atoms with Gasteiger partial charge in [-0.2, -0.15) is 0 Å². The molecule has 3 nitrogen and oxygen atoms in total. The zero-order valence-corrected chi connectivity index (χ0v) is 12.7. The summed E-state index contributed by atoms with van der Waals surface area (Å²) in [5, 5.41) is 0. The van der Waals surface area contributed by atoms with E-state index in [-0.39, 0.29) is 23.7 Å². The van der Waals surface area contributed by atoms with Gasteiger partial charge in [0.2, 0.25) is 5.91 Å². The Morgan fingerprint density at radius 3 is 2.68 bits per heavy atom. The highest BCUT2D eigenvalue weighted by Crippen LogP contribution is 2.41. The maximum atomic E-state index is 13.6. The summed E-state index contributed by atoms with van der Waals surface area (Å²) in [6.45, 7) is 2.08. The minimum Gasteiger partial charge on any atom is -0.333 e. The molecule has 0 unspecified atom stereocenters. The lowest BCUT2D eigenvalue weighted by molar-refractivity contribution is -0.133. The molecule has 0 saturated heterocycles. The van der Waals surface area contributed by atoms with Crippen LogP contribution in [0.1, 0.15) is 30.6 Å². The number of benzene rings is 1. The standard InChI is InChI=1S/C18H19FN2O/c1-12-10-15(12)18(22)21(2)17(16-8-3-4-9-20-16)13-6-5-7-14(19)11-13/h3-9,11-12,15,17H,10H2,1-2H3/t12-,15+,17-/m1/s1. The number of pyridine rings is 1. The maximum Gasteiger partial charge on any atom is 0.226 e.